The van der Waals surface area contributed by atoms with Gasteiger partial charge in [-0.25, -0.2) is 0 Å². The van der Waals surface area contributed by atoms with Gasteiger partial charge in [-0.05, 0) is 49.7 Å². The molecule has 146 valence electrons. The lowest BCUT2D eigenvalue weighted by molar-refractivity contribution is -0.136. The Labute approximate surface area is 172 Å². The fraction of sp³-hybridized carbons (Fsp3) is 0.250. The molecule has 0 saturated carbocycles. The molecule has 0 saturated heterocycles. The third-order valence-corrected chi connectivity index (χ3v) is 6.00. The molecule has 8 heteroatoms. The zero-order valence-corrected chi connectivity index (χ0v) is 17.6. The Morgan fingerprint density at radius 2 is 1.96 bits per heavy atom. The summed E-state index contributed by atoms with van der Waals surface area (Å²) < 4.78 is 1.89. The number of hydrogen-bond acceptors (Lipinski definition) is 5. The van der Waals surface area contributed by atoms with Crippen LogP contribution in [0.25, 0.3) is 0 Å². The van der Waals surface area contributed by atoms with Crippen LogP contribution in [0, 0.1) is 13.8 Å². The Bertz CT molecular complexity index is 967. The summed E-state index contributed by atoms with van der Waals surface area (Å²) in [5.41, 5.74) is 2.55. The minimum absolute atomic E-state index is 0.163. The highest BCUT2D eigenvalue weighted by atomic mass is 32.2. The SMILES string of the molecule is CSc1ccccc1NC(=O)C(=O)NCC(c1cccs1)n1nc(C)cc1C. The maximum absolute atomic E-state index is 12.4. The van der Waals surface area contributed by atoms with Gasteiger partial charge in [0.25, 0.3) is 0 Å². The molecule has 2 N–H and O–H groups in total. The number of thioether (sulfide) groups is 1. The van der Waals surface area contributed by atoms with Crippen LogP contribution < -0.4 is 10.6 Å². The zero-order valence-electron chi connectivity index (χ0n) is 15.9. The molecular weight excluding hydrogens is 392 g/mol. The molecule has 3 aromatic rings. The van der Waals surface area contributed by atoms with E-state index in [1.807, 2.05) is 66.6 Å². The molecular formula is C20H22N4O2S2. The third kappa shape index (κ3) is 4.63. The quantitative estimate of drug-likeness (QED) is 0.477. The number of nitrogens with zero attached hydrogens (tertiary/aromatic N) is 2. The van der Waals surface area contributed by atoms with Crippen LogP contribution in [0.15, 0.2) is 52.7 Å². The molecule has 6 nitrogen and oxygen atoms in total. The number of anilines is 1. The molecule has 3 rings (SSSR count). The second kappa shape index (κ2) is 9.07. The van der Waals surface area contributed by atoms with Crippen molar-refractivity contribution in [2.75, 3.05) is 18.1 Å². The summed E-state index contributed by atoms with van der Waals surface area (Å²) in [7, 11) is 0. The topological polar surface area (TPSA) is 76.0 Å². The number of nitrogens with one attached hydrogen (secondary N) is 2. The first-order valence-electron chi connectivity index (χ1n) is 8.78. The van der Waals surface area contributed by atoms with Gasteiger partial charge in [0.1, 0.15) is 6.04 Å². The summed E-state index contributed by atoms with van der Waals surface area (Å²) in [6.07, 6.45) is 1.92. The fourth-order valence-electron chi connectivity index (χ4n) is 2.95. The van der Waals surface area contributed by atoms with Gasteiger partial charge in [-0.15, -0.1) is 23.1 Å². The highest BCUT2D eigenvalue weighted by Gasteiger charge is 2.21. The van der Waals surface area contributed by atoms with Gasteiger partial charge in [-0.1, -0.05) is 18.2 Å². The molecule has 1 unspecified atom stereocenters. The molecule has 2 amide bonds. The first-order chi connectivity index (χ1) is 13.5. The van der Waals surface area contributed by atoms with Crippen molar-refractivity contribution in [3.8, 4) is 0 Å². The van der Waals surface area contributed by atoms with Gasteiger partial charge in [-0.3, -0.25) is 14.3 Å². The third-order valence-electron chi connectivity index (χ3n) is 4.23. The van der Waals surface area contributed by atoms with E-state index in [1.54, 1.807) is 17.4 Å². The van der Waals surface area contributed by atoms with Crippen molar-refractivity contribution in [1.29, 1.82) is 0 Å². The Morgan fingerprint density at radius 1 is 1.18 bits per heavy atom. The van der Waals surface area contributed by atoms with E-state index >= 15 is 0 Å². The van der Waals surface area contributed by atoms with Crippen molar-refractivity contribution >= 4 is 40.6 Å². The molecule has 0 aliphatic heterocycles. The highest BCUT2D eigenvalue weighted by molar-refractivity contribution is 7.98. The lowest BCUT2D eigenvalue weighted by Gasteiger charge is -2.19. The first kappa shape index (κ1) is 20.2. The van der Waals surface area contributed by atoms with E-state index in [0.29, 0.717) is 5.69 Å². The molecule has 0 spiro atoms. The number of hydrogen-bond donors (Lipinski definition) is 2. The largest absolute Gasteiger partial charge is 0.345 e. The van der Waals surface area contributed by atoms with Crippen molar-refractivity contribution in [2.45, 2.75) is 24.8 Å². The maximum Gasteiger partial charge on any atom is 0.313 e. The number of aryl methyl sites for hydroxylation is 2. The predicted octanol–water partition coefficient (Wildman–Crippen LogP) is 3.63. The van der Waals surface area contributed by atoms with Gasteiger partial charge >= 0.3 is 11.8 Å². The van der Waals surface area contributed by atoms with Crippen molar-refractivity contribution in [2.24, 2.45) is 0 Å². The summed E-state index contributed by atoms with van der Waals surface area (Å²) in [6, 6.07) is 13.2. The number of aromatic nitrogens is 2. The van der Waals surface area contributed by atoms with Crippen LogP contribution in [0.1, 0.15) is 22.3 Å². The molecule has 28 heavy (non-hydrogen) atoms. The summed E-state index contributed by atoms with van der Waals surface area (Å²) in [4.78, 5) is 26.7. The molecule has 1 aromatic carbocycles. The smallest absolute Gasteiger partial charge is 0.313 e. The second-order valence-electron chi connectivity index (χ2n) is 6.27. The lowest BCUT2D eigenvalue weighted by Crippen LogP contribution is -2.39. The summed E-state index contributed by atoms with van der Waals surface area (Å²) >= 11 is 3.11. The van der Waals surface area contributed by atoms with E-state index in [9.17, 15) is 9.59 Å². The summed E-state index contributed by atoms with van der Waals surface area (Å²) in [5.74, 6) is -1.35. The van der Waals surface area contributed by atoms with Crippen LogP contribution in [0.3, 0.4) is 0 Å². The normalized spacial score (nSPS) is 11.8. The molecule has 0 fully saturated rings. The predicted molar refractivity (Wildman–Crippen MR) is 114 cm³/mol. The van der Waals surface area contributed by atoms with Crippen LogP contribution in [0.2, 0.25) is 0 Å². The summed E-state index contributed by atoms with van der Waals surface area (Å²) in [6.45, 7) is 4.19. The Morgan fingerprint density at radius 3 is 2.61 bits per heavy atom. The Balaban J connectivity index is 1.70. The highest BCUT2D eigenvalue weighted by Crippen LogP contribution is 2.25. The standard InChI is InChI=1S/C20H22N4O2S2/c1-13-11-14(2)24(23-13)16(18-9-6-10-28-18)12-21-19(25)20(26)22-15-7-4-5-8-17(15)27-3/h4-11,16H,12H2,1-3H3,(H,21,25)(H,22,26). The van der Waals surface area contributed by atoms with Gasteiger partial charge in [0, 0.05) is 22.0 Å². The van der Waals surface area contributed by atoms with Crippen LogP contribution >= 0.6 is 23.1 Å². The van der Waals surface area contributed by atoms with E-state index in [2.05, 4.69) is 15.7 Å². The number of para-hydroxylation sites is 1. The van der Waals surface area contributed by atoms with E-state index in [4.69, 9.17) is 0 Å². The van der Waals surface area contributed by atoms with Crippen molar-refractivity contribution in [3.05, 3.63) is 64.1 Å². The molecule has 0 radical (unpaired) electrons. The Kier molecular flexibility index (Phi) is 6.53. The number of carbonyl (C=O) groups excluding carboxylic acids is 2. The molecule has 0 aliphatic carbocycles. The molecule has 0 aliphatic rings. The number of rotatable bonds is 6. The van der Waals surface area contributed by atoms with E-state index in [0.717, 1.165) is 21.2 Å². The minimum Gasteiger partial charge on any atom is -0.345 e. The maximum atomic E-state index is 12.4. The van der Waals surface area contributed by atoms with Crippen LogP contribution in [-0.2, 0) is 9.59 Å². The van der Waals surface area contributed by atoms with Gasteiger partial charge in [0.2, 0.25) is 0 Å². The monoisotopic (exact) mass is 414 g/mol. The second-order valence-corrected chi connectivity index (χ2v) is 8.09. The van der Waals surface area contributed by atoms with Gasteiger partial charge in [-0.2, -0.15) is 5.10 Å². The van der Waals surface area contributed by atoms with E-state index in [1.165, 1.54) is 11.8 Å². The zero-order chi connectivity index (χ0) is 20.1. The number of thiophene rings is 1. The van der Waals surface area contributed by atoms with Crippen LogP contribution in [-0.4, -0.2) is 34.4 Å². The van der Waals surface area contributed by atoms with Crippen molar-refractivity contribution in [1.82, 2.24) is 15.1 Å². The lowest BCUT2D eigenvalue weighted by atomic mass is 10.2. The first-order valence-corrected chi connectivity index (χ1v) is 10.9. The Hall–Kier alpha value is -2.58. The van der Waals surface area contributed by atoms with Crippen LogP contribution in [0.4, 0.5) is 5.69 Å². The average Bonchev–Trinajstić information content (AvgIpc) is 3.32. The molecule has 1 atom stereocenters. The minimum atomic E-state index is -0.681. The molecule has 2 aromatic heterocycles. The van der Waals surface area contributed by atoms with Gasteiger partial charge < -0.3 is 10.6 Å². The van der Waals surface area contributed by atoms with Gasteiger partial charge in [0.15, 0.2) is 0 Å². The average molecular weight is 415 g/mol. The van der Waals surface area contributed by atoms with Crippen molar-refractivity contribution in [3.63, 3.8) is 0 Å². The summed E-state index contributed by atoms with van der Waals surface area (Å²) in [5, 5.41) is 12.0. The number of benzene rings is 1. The number of amides is 2. The number of carbonyl (C=O) groups is 2. The van der Waals surface area contributed by atoms with Crippen molar-refractivity contribution < 1.29 is 9.59 Å². The fourth-order valence-corrected chi connectivity index (χ4v) is 4.31. The van der Waals surface area contributed by atoms with Gasteiger partial charge in [0.05, 0.1) is 11.4 Å². The van der Waals surface area contributed by atoms with E-state index < -0.39 is 11.8 Å². The molecule has 0 bridgehead atoms. The van der Waals surface area contributed by atoms with Crippen LogP contribution in [0.5, 0.6) is 0 Å². The molecule has 2 heterocycles. The van der Waals surface area contributed by atoms with E-state index in [-0.39, 0.29) is 12.6 Å².